The molecule has 1 aromatic carbocycles. The second-order valence-electron chi connectivity index (χ2n) is 3.25. The number of benzene rings is 1. The molecule has 1 unspecified atom stereocenters. The smallest absolute Gasteiger partial charge is 0.138 e. The number of halogens is 1. The van der Waals surface area contributed by atoms with Crippen molar-refractivity contribution in [1.29, 1.82) is 0 Å². The van der Waals surface area contributed by atoms with Crippen LogP contribution in [0.3, 0.4) is 0 Å². The molecule has 2 nitrogen and oxygen atoms in total. The van der Waals surface area contributed by atoms with E-state index in [-0.39, 0.29) is 0 Å². The van der Waals surface area contributed by atoms with E-state index in [1.165, 1.54) is 0 Å². The van der Waals surface area contributed by atoms with Crippen LogP contribution in [-0.4, -0.2) is 11.7 Å². The van der Waals surface area contributed by atoms with Crippen molar-refractivity contribution >= 4 is 11.6 Å². The van der Waals surface area contributed by atoms with Crippen molar-refractivity contribution in [3.05, 3.63) is 28.3 Å². The van der Waals surface area contributed by atoms with E-state index in [0.29, 0.717) is 17.4 Å². The van der Waals surface area contributed by atoms with E-state index < -0.39 is 6.10 Å². The molecule has 0 aliphatic carbocycles. The first-order valence-corrected chi connectivity index (χ1v) is 5.05. The molecule has 78 valence electrons. The van der Waals surface area contributed by atoms with Gasteiger partial charge in [0, 0.05) is 0 Å². The molecule has 0 heterocycles. The number of ether oxygens (including phenoxy) is 1. The Bertz CT molecular complexity index is 321. The standard InChI is InChI=1S/C11H15ClO2/c1-4-14-11-5-7(2)9(8(3)13)6-10(11)12/h5-6,8,13H,4H2,1-3H3. The number of aliphatic hydroxyl groups excluding tert-OH is 1. The first-order chi connectivity index (χ1) is 6.56. The van der Waals surface area contributed by atoms with Crippen LogP contribution in [0.4, 0.5) is 0 Å². The minimum atomic E-state index is -0.497. The average Bonchev–Trinajstić information content (AvgIpc) is 2.10. The Labute approximate surface area is 89.5 Å². The highest BCUT2D eigenvalue weighted by Crippen LogP contribution is 2.30. The summed E-state index contributed by atoms with van der Waals surface area (Å²) in [6.45, 7) is 6.15. The molecule has 0 aliphatic heterocycles. The Morgan fingerprint density at radius 3 is 2.64 bits per heavy atom. The van der Waals surface area contributed by atoms with Crippen LogP contribution in [0, 0.1) is 6.92 Å². The van der Waals surface area contributed by atoms with Crippen molar-refractivity contribution in [3.8, 4) is 5.75 Å². The summed E-state index contributed by atoms with van der Waals surface area (Å²) < 4.78 is 5.34. The second kappa shape index (κ2) is 4.67. The summed E-state index contributed by atoms with van der Waals surface area (Å²) in [4.78, 5) is 0. The Balaban J connectivity index is 3.10. The summed E-state index contributed by atoms with van der Waals surface area (Å²) in [5.41, 5.74) is 1.84. The predicted octanol–water partition coefficient (Wildman–Crippen LogP) is 3.10. The molecular weight excluding hydrogens is 200 g/mol. The fourth-order valence-electron chi connectivity index (χ4n) is 1.39. The van der Waals surface area contributed by atoms with Crippen LogP contribution in [0.15, 0.2) is 12.1 Å². The molecule has 0 aliphatic rings. The van der Waals surface area contributed by atoms with Crippen molar-refractivity contribution in [3.63, 3.8) is 0 Å². The Morgan fingerprint density at radius 1 is 1.50 bits per heavy atom. The number of aliphatic hydroxyl groups is 1. The van der Waals surface area contributed by atoms with E-state index >= 15 is 0 Å². The highest BCUT2D eigenvalue weighted by atomic mass is 35.5. The van der Waals surface area contributed by atoms with Gasteiger partial charge in [-0.3, -0.25) is 0 Å². The minimum absolute atomic E-state index is 0.497. The Hall–Kier alpha value is -0.730. The van der Waals surface area contributed by atoms with E-state index in [1.54, 1.807) is 13.0 Å². The molecule has 0 aromatic heterocycles. The van der Waals surface area contributed by atoms with Crippen molar-refractivity contribution in [1.82, 2.24) is 0 Å². The third-order valence-electron chi connectivity index (χ3n) is 2.07. The van der Waals surface area contributed by atoms with Crippen LogP contribution < -0.4 is 4.74 Å². The number of hydrogen-bond donors (Lipinski definition) is 1. The van der Waals surface area contributed by atoms with Gasteiger partial charge in [-0.05, 0) is 44.0 Å². The molecule has 0 spiro atoms. The summed E-state index contributed by atoms with van der Waals surface area (Å²) in [6, 6.07) is 3.61. The molecule has 1 rings (SSSR count). The molecule has 1 aromatic rings. The van der Waals surface area contributed by atoms with E-state index in [2.05, 4.69) is 0 Å². The van der Waals surface area contributed by atoms with E-state index in [0.717, 1.165) is 11.1 Å². The van der Waals surface area contributed by atoms with Crippen LogP contribution in [0.1, 0.15) is 31.1 Å². The molecule has 0 fully saturated rings. The monoisotopic (exact) mass is 214 g/mol. The highest BCUT2D eigenvalue weighted by molar-refractivity contribution is 6.32. The van der Waals surface area contributed by atoms with E-state index in [4.69, 9.17) is 16.3 Å². The molecule has 1 N–H and O–H groups in total. The van der Waals surface area contributed by atoms with E-state index in [1.807, 2.05) is 19.9 Å². The quantitative estimate of drug-likeness (QED) is 0.838. The lowest BCUT2D eigenvalue weighted by Crippen LogP contribution is -1.98. The normalized spacial score (nSPS) is 12.6. The predicted molar refractivity (Wildman–Crippen MR) is 58.0 cm³/mol. The molecule has 3 heteroatoms. The van der Waals surface area contributed by atoms with Crippen molar-refractivity contribution in [2.45, 2.75) is 26.9 Å². The average molecular weight is 215 g/mol. The molecule has 1 atom stereocenters. The van der Waals surface area contributed by atoms with Crippen molar-refractivity contribution < 1.29 is 9.84 Å². The van der Waals surface area contributed by atoms with Crippen LogP contribution >= 0.6 is 11.6 Å². The van der Waals surface area contributed by atoms with Gasteiger partial charge in [0.1, 0.15) is 5.75 Å². The molecule has 0 saturated heterocycles. The van der Waals surface area contributed by atoms with Gasteiger partial charge in [-0.15, -0.1) is 0 Å². The molecule has 0 bridgehead atoms. The van der Waals surface area contributed by atoms with Gasteiger partial charge < -0.3 is 9.84 Å². The molecular formula is C11H15ClO2. The molecule has 0 saturated carbocycles. The van der Waals surface area contributed by atoms with Gasteiger partial charge in [0.15, 0.2) is 0 Å². The topological polar surface area (TPSA) is 29.5 Å². The zero-order valence-corrected chi connectivity index (χ0v) is 9.43. The fourth-order valence-corrected chi connectivity index (χ4v) is 1.61. The lowest BCUT2D eigenvalue weighted by atomic mass is 10.0. The summed E-state index contributed by atoms with van der Waals surface area (Å²) in [7, 11) is 0. The van der Waals surface area contributed by atoms with Gasteiger partial charge >= 0.3 is 0 Å². The van der Waals surface area contributed by atoms with Gasteiger partial charge in [0.2, 0.25) is 0 Å². The zero-order chi connectivity index (χ0) is 10.7. The molecule has 0 radical (unpaired) electrons. The highest BCUT2D eigenvalue weighted by Gasteiger charge is 2.09. The van der Waals surface area contributed by atoms with Crippen LogP contribution in [-0.2, 0) is 0 Å². The van der Waals surface area contributed by atoms with Crippen molar-refractivity contribution in [2.75, 3.05) is 6.61 Å². The lowest BCUT2D eigenvalue weighted by molar-refractivity contribution is 0.198. The van der Waals surface area contributed by atoms with Gasteiger partial charge in [-0.2, -0.15) is 0 Å². The van der Waals surface area contributed by atoms with Crippen LogP contribution in [0.2, 0.25) is 5.02 Å². The van der Waals surface area contributed by atoms with Crippen LogP contribution in [0.5, 0.6) is 5.75 Å². The largest absolute Gasteiger partial charge is 0.492 e. The van der Waals surface area contributed by atoms with Gasteiger partial charge in [-0.1, -0.05) is 11.6 Å². The first-order valence-electron chi connectivity index (χ1n) is 4.67. The van der Waals surface area contributed by atoms with Crippen LogP contribution in [0.25, 0.3) is 0 Å². The summed E-state index contributed by atoms with van der Waals surface area (Å²) in [5.74, 6) is 0.677. The fraction of sp³-hybridized carbons (Fsp3) is 0.455. The Morgan fingerprint density at radius 2 is 2.14 bits per heavy atom. The molecule has 0 amide bonds. The minimum Gasteiger partial charge on any atom is -0.492 e. The third kappa shape index (κ3) is 2.40. The van der Waals surface area contributed by atoms with Gasteiger partial charge in [0.25, 0.3) is 0 Å². The zero-order valence-electron chi connectivity index (χ0n) is 8.67. The summed E-state index contributed by atoms with van der Waals surface area (Å²) in [5, 5.41) is 10.00. The second-order valence-corrected chi connectivity index (χ2v) is 3.66. The summed E-state index contributed by atoms with van der Waals surface area (Å²) in [6.07, 6.45) is -0.497. The third-order valence-corrected chi connectivity index (χ3v) is 2.37. The van der Waals surface area contributed by atoms with Gasteiger partial charge in [-0.25, -0.2) is 0 Å². The number of aryl methyl sites for hydroxylation is 1. The van der Waals surface area contributed by atoms with Gasteiger partial charge in [0.05, 0.1) is 17.7 Å². The summed E-state index contributed by atoms with van der Waals surface area (Å²) >= 11 is 5.99. The molecule has 14 heavy (non-hydrogen) atoms. The number of rotatable bonds is 3. The SMILES string of the molecule is CCOc1cc(C)c(C(C)O)cc1Cl. The first kappa shape index (κ1) is 11.3. The van der Waals surface area contributed by atoms with E-state index in [9.17, 15) is 5.11 Å². The number of hydrogen-bond acceptors (Lipinski definition) is 2. The lowest BCUT2D eigenvalue weighted by Gasteiger charge is -2.12. The van der Waals surface area contributed by atoms with Crippen molar-refractivity contribution in [2.24, 2.45) is 0 Å². The maximum Gasteiger partial charge on any atom is 0.138 e. The maximum absolute atomic E-state index is 9.45. The Kier molecular flexibility index (Phi) is 3.78. The maximum atomic E-state index is 9.45.